The van der Waals surface area contributed by atoms with Crippen molar-refractivity contribution < 1.29 is 0 Å². The Hall–Kier alpha value is -6.54. The van der Waals surface area contributed by atoms with Gasteiger partial charge < -0.3 is 0 Å². The second-order valence-corrected chi connectivity index (χ2v) is 24.9. The highest BCUT2D eigenvalue weighted by atomic mass is 32.1. The molecule has 0 amide bonds. The molecule has 0 saturated carbocycles. The standard InChI is InChI=1S/C68H64S/c1-65(2,3)45-33-43(34-46(39-45)66(4,5)6)63-54-25-17-13-21-50(54)61(51-22-14-18-26-55(51)63)41-30-32-59-58(37-41)49-31-29-42(38-60(49)69-59)62-52-23-15-19-27-56(52)64(57-28-20-16-24-53(57)62)44-35-47(67(7,8)9)40-48(36-44)68(10,11)12/h13-40H,1-12H3. The maximum atomic E-state index is 2.47. The molecule has 10 aromatic carbocycles. The molecule has 69 heavy (non-hydrogen) atoms. The largest absolute Gasteiger partial charge is 0.135 e. The lowest BCUT2D eigenvalue weighted by Gasteiger charge is -2.27. The highest BCUT2D eigenvalue weighted by Crippen LogP contribution is 2.49. The van der Waals surface area contributed by atoms with Crippen molar-refractivity contribution in [3.8, 4) is 44.5 Å². The van der Waals surface area contributed by atoms with Gasteiger partial charge >= 0.3 is 0 Å². The van der Waals surface area contributed by atoms with E-state index in [0.717, 1.165) is 0 Å². The molecule has 1 heterocycles. The van der Waals surface area contributed by atoms with E-state index in [1.807, 2.05) is 11.3 Å². The minimum atomic E-state index is 0.0170. The van der Waals surface area contributed by atoms with E-state index in [0.29, 0.717) is 0 Å². The smallest absolute Gasteiger partial charge is 0.0361 e. The second-order valence-electron chi connectivity index (χ2n) is 23.8. The predicted molar refractivity (Wildman–Crippen MR) is 306 cm³/mol. The van der Waals surface area contributed by atoms with Crippen molar-refractivity contribution in [2.45, 2.75) is 105 Å². The van der Waals surface area contributed by atoms with Gasteiger partial charge in [0.1, 0.15) is 0 Å². The Bertz CT molecular complexity index is 3680. The van der Waals surface area contributed by atoms with Gasteiger partial charge in [0.05, 0.1) is 0 Å². The van der Waals surface area contributed by atoms with Crippen LogP contribution in [0.15, 0.2) is 170 Å². The van der Waals surface area contributed by atoms with E-state index in [1.165, 1.54) is 130 Å². The lowest BCUT2D eigenvalue weighted by molar-refractivity contribution is 0.568. The zero-order chi connectivity index (χ0) is 48.4. The van der Waals surface area contributed by atoms with Gasteiger partial charge in [0, 0.05) is 20.2 Å². The second kappa shape index (κ2) is 16.0. The molecule has 1 aromatic heterocycles. The molecule has 0 bridgehead atoms. The van der Waals surface area contributed by atoms with Crippen LogP contribution in [-0.4, -0.2) is 0 Å². The topological polar surface area (TPSA) is 0 Å². The summed E-state index contributed by atoms with van der Waals surface area (Å²) in [6, 6.07) is 65.5. The summed E-state index contributed by atoms with van der Waals surface area (Å²) in [7, 11) is 0. The molecule has 11 aromatic rings. The lowest BCUT2D eigenvalue weighted by atomic mass is 9.77. The zero-order valence-corrected chi connectivity index (χ0v) is 43.4. The fraction of sp³-hybridized carbons (Fsp3) is 0.235. The molecular formula is C68H64S. The number of hydrogen-bond donors (Lipinski definition) is 0. The van der Waals surface area contributed by atoms with Crippen molar-refractivity contribution in [3.63, 3.8) is 0 Å². The van der Waals surface area contributed by atoms with Gasteiger partial charge in [-0.05, 0) is 150 Å². The molecule has 0 unspecified atom stereocenters. The highest BCUT2D eigenvalue weighted by Gasteiger charge is 2.26. The Morgan fingerprint density at radius 1 is 0.232 bits per heavy atom. The van der Waals surface area contributed by atoms with Crippen LogP contribution in [-0.2, 0) is 21.7 Å². The Balaban J connectivity index is 1.09. The third-order valence-corrected chi connectivity index (χ3v) is 16.0. The summed E-state index contributed by atoms with van der Waals surface area (Å²) >= 11 is 1.91. The van der Waals surface area contributed by atoms with Crippen LogP contribution in [0.2, 0.25) is 0 Å². The van der Waals surface area contributed by atoms with Crippen LogP contribution < -0.4 is 0 Å². The normalized spacial score (nSPS) is 12.9. The van der Waals surface area contributed by atoms with Crippen molar-refractivity contribution in [2.75, 3.05) is 0 Å². The van der Waals surface area contributed by atoms with Crippen LogP contribution >= 0.6 is 11.3 Å². The van der Waals surface area contributed by atoms with Crippen molar-refractivity contribution >= 4 is 74.6 Å². The Labute approximate surface area is 413 Å². The van der Waals surface area contributed by atoms with E-state index in [-0.39, 0.29) is 21.7 Å². The molecule has 342 valence electrons. The molecule has 0 spiro atoms. The van der Waals surface area contributed by atoms with Gasteiger partial charge in [0.25, 0.3) is 0 Å². The summed E-state index contributed by atoms with van der Waals surface area (Å²) in [5.41, 5.74) is 15.9. The number of thiophene rings is 1. The number of benzene rings is 10. The van der Waals surface area contributed by atoms with Crippen molar-refractivity contribution in [3.05, 3.63) is 192 Å². The summed E-state index contributed by atoms with van der Waals surface area (Å²) in [6.45, 7) is 28.0. The predicted octanol–water partition coefficient (Wildman–Crippen LogP) is 20.5. The van der Waals surface area contributed by atoms with E-state index < -0.39 is 0 Å². The minimum Gasteiger partial charge on any atom is -0.135 e. The molecular weight excluding hydrogens is 849 g/mol. The summed E-state index contributed by atoms with van der Waals surface area (Å²) in [4.78, 5) is 0. The average Bonchev–Trinajstić information content (AvgIpc) is 3.68. The molecule has 0 fully saturated rings. The lowest BCUT2D eigenvalue weighted by Crippen LogP contribution is -2.16. The fourth-order valence-electron chi connectivity index (χ4n) is 10.9. The van der Waals surface area contributed by atoms with Gasteiger partial charge in [-0.2, -0.15) is 0 Å². The molecule has 0 aliphatic carbocycles. The highest BCUT2D eigenvalue weighted by molar-refractivity contribution is 7.25. The van der Waals surface area contributed by atoms with Gasteiger partial charge in [-0.3, -0.25) is 0 Å². The third-order valence-electron chi connectivity index (χ3n) is 14.8. The van der Waals surface area contributed by atoms with E-state index in [2.05, 4.69) is 253 Å². The van der Waals surface area contributed by atoms with Gasteiger partial charge in [0.2, 0.25) is 0 Å². The Morgan fingerprint density at radius 3 is 0.841 bits per heavy atom. The molecule has 0 nitrogen and oxygen atoms in total. The maximum Gasteiger partial charge on any atom is 0.0361 e. The van der Waals surface area contributed by atoms with Gasteiger partial charge in [-0.25, -0.2) is 0 Å². The number of fused-ring (bicyclic) bond motifs is 7. The van der Waals surface area contributed by atoms with Crippen LogP contribution in [0.1, 0.15) is 105 Å². The summed E-state index contributed by atoms with van der Waals surface area (Å²) in [6.07, 6.45) is 0. The van der Waals surface area contributed by atoms with Crippen LogP contribution in [0.5, 0.6) is 0 Å². The Kier molecular flexibility index (Phi) is 10.4. The summed E-state index contributed by atoms with van der Waals surface area (Å²) in [5, 5.41) is 12.9. The van der Waals surface area contributed by atoms with Crippen LogP contribution in [0.4, 0.5) is 0 Å². The van der Waals surface area contributed by atoms with Crippen LogP contribution in [0, 0.1) is 0 Å². The average molecular weight is 913 g/mol. The van der Waals surface area contributed by atoms with E-state index in [4.69, 9.17) is 0 Å². The van der Waals surface area contributed by atoms with E-state index >= 15 is 0 Å². The SMILES string of the molecule is CC(C)(C)c1cc(-c2c3ccccc3c(-c3ccc4c(c3)sc3ccc(-c5c6ccccc6c(-c6cc(C(C)(C)C)cc(C(C)(C)C)c6)c6ccccc56)cc34)c3ccccc23)cc(C(C)(C)C)c1. The van der Waals surface area contributed by atoms with Crippen LogP contribution in [0.3, 0.4) is 0 Å². The van der Waals surface area contributed by atoms with Gasteiger partial charge in [0.15, 0.2) is 0 Å². The molecule has 0 saturated heterocycles. The first-order valence-electron chi connectivity index (χ1n) is 24.9. The molecule has 0 N–H and O–H groups in total. The quantitative estimate of drug-likeness (QED) is 0.154. The number of hydrogen-bond acceptors (Lipinski definition) is 1. The molecule has 0 aliphatic rings. The monoisotopic (exact) mass is 912 g/mol. The van der Waals surface area contributed by atoms with E-state index in [9.17, 15) is 0 Å². The molecule has 0 atom stereocenters. The van der Waals surface area contributed by atoms with Gasteiger partial charge in [-0.1, -0.05) is 235 Å². The van der Waals surface area contributed by atoms with Crippen molar-refractivity contribution in [1.82, 2.24) is 0 Å². The molecule has 0 radical (unpaired) electrons. The summed E-state index contributed by atoms with van der Waals surface area (Å²) in [5.74, 6) is 0. The maximum absolute atomic E-state index is 2.47. The van der Waals surface area contributed by atoms with Gasteiger partial charge in [-0.15, -0.1) is 11.3 Å². The van der Waals surface area contributed by atoms with E-state index in [1.54, 1.807) is 0 Å². The van der Waals surface area contributed by atoms with Crippen molar-refractivity contribution in [1.29, 1.82) is 0 Å². The van der Waals surface area contributed by atoms with Crippen LogP contribution in [0.25, 0.3) is 108 Å². The first-order valence-corrected chi connectivity index (χ1v) is 25.7. The molecule has 1 heteroatoms. The minimum absolute atomic E-state index is 0.0170. The number of rotatable bonds is 4. The molecule has 0 aliphatic heterocycles. The molecule has 11 rings (SSSR count). The first kappa shape index (κ1) is 44.9. The first-order chi connectivity index (χ1) is 32.7. The third kappa shape index (κ3) is 7.75. The van der Waals surface area contributed by atoms with Crippen molar-refractivity contribution in [2.24, 2.45) is 0 Å². The fourth-order valence-corrected chi connectivity index (χ4v) is 12.0. The summed E-state index contributed by atoms with van der Waals surface area (Å²) < 4.78 is 2.62. The Morgan fingerprint density at radius 2 is 0.522 bits per heavy atom. The zero-order valence-electron chi connectivity index (χ0n) is 42.6.